The number of methoxy groups -OCH3 is 2. The average molecular weight is 960 g/mol. The van der Waals surface area contributed by atoms with Crippen LogP contribution in [0.5, 0.6) is 5.75 Å². The SMILES string of the molecule is COC(=O)NC(C(=O)N1CCC[C@H]1c1ncc(-c2cc(F)c3c(c2)OC(c2ccc(C4CCC4)s2)n2c-3cc3cc(-c4cnc([C@@H]5CCCN5C(=O)[C@@H](NC(=O)OC)C(C)C)[nH]4)ccc32)[nH]1)C(C)C. The van der Waals surface area contributed by atoms with E-state index in [1.165, 1.54) is 44.4 Å². The fraction of sp³-hybridized carbons (Fsp3) is 0.451. The standard InChI is InChI=1S/C51H58FN9O7S/c1-26(2)43(57-50(64)66-5)47(62)59-18-8-12-36(59)45-53-24-33(55-45)29-14-15-35-31(20-29)22-38-42-32(52)21-30(23-39(42)68-49(61(35)38)41-17-16-40(69-41)28-10-7-11-28)34-25-54-46(56-34)37-13-9-19-60(37)48(63)44(27(3)4)58-51(65)67-6/h14-17,20-28,36-37,43-44,49H,7-13,18-19H2,1-6H3,(H,53,55)(H,54,56)(H,57,64)(H,58,65)/t36-,37-,43-,44?,49?/m0/s1. The maximum atomic E-state index is 17.0. The molecule has 10 rings (SSSR count). The number of imidazole rings is 2. The van der Waals surface area contributed by atoms with E-state index in [1.807, 2.05) is 52.0 Å². The van der Waals surface area contributed by atoms with Crippen molar-refractivity contribution in [2.45, 2.75) is 109 Å². The number of amides is 4. The molecule has 0 spiro atoms. The number of thiophene rings is 1. The molecule has 4 aromatic heterocycles. The van der Waals surface area contributed by atoms with Gasteiger partial charge in [0.25, 0.3) is 0 Å². The second kappa shape index (κ2) is 18.7. The summed E-state index contributed by atoms with van der Waals surface area (Å²) < 4.78 is 35.6. The van der Waals surface area contributed by atoms with Crippen LogP contribution in [0.3, 0.4) is 0 Å². The first-order valence-electron chi connectivity index (χ1n) is 24.0. The molecule has 6 aromatic rings. The first-order valence-corrected chi connectivity index (χ1v) is 24.8. The number of H-pyrrole nitrogens is 2. The van der Waals surface area contributed by atoms with E-state index in [1.54, 1.807) is 33.5 Å². The Morgan fingerprint density at radius 1 is 0.739 bits per heavy atom. The number of likely N-dealkylation sites (tertiary alicyclic amines) is 2. The first kappa shape index (κ1) is 46.1. The van der Waals surface area contributed by atoms with Gasteiger partial charge in [-0.05, 0) is 98.7 Å². The summed E-state index contributed by atoms with van der Waals surface area (Å²) in [5.74, 6) is 1.02. The summed E-state index contributed by atoms with van der Waals surface area (Å²) in [6.45, 7) is 8.59. The Labute approximate surface area is 403 Å². The Hall–Kier alpha value is -6.69. The molecule has 1 aliphatic carbocycles. The van der Waals surface area contributed by atoms with Crippen molar-refractivity contribution >= 4 is 46.2 Å². The molecular formula is C51H58FN9O7S. The number of aromatic nitrogens is 5. The third kappa shape index (κ3) is 8.50. The van der Waals surface area contributed by atoms with E-state index in [4.69, 9.17) is 24.2 Å². The molecule has 4 aliphatic rings. The molecule has 1 saturated carbocycles. The lowest BCUT2D eigenvalue weighted by Crippen LogP contribution is -2.51. The number of alkyl carbamates (subject to hydrolysis) is 2. The number of hydrogen-bond donors (Lipinski definition) is 4. The molecule has 2 unspecified atom stereocenters. The molecule has 16 nitrogen and oxygen atoms in total. The number of halogens is 1. The third-order valence-corrected chi connectivity index (χ3v) is 15.6. The molecular weight excluding hydrogens is 902 g/mol. The highest BCUT2D eigenvalue weighted by molar-refractivity contribution is 7.12. The number of nitrogens with one attached hydrogen (secondary N) is 4. The number of ether oxygens (including phenoxy) is 3. The van der Waals surface area contributed by atoms with Crippen LogP contribution in [0.2, 0.25) is 0 Å². The van der Waals surface area contributed by atoms with E-state index in [-0.39, 0.29) is 35.7 Å². The second-order valence-corrected chi connectivity index (χ2v) is 20.4. The molecule has 362 valence electrons. The van der Waals surface area contributed by atoms with Gasteiger partial charge in [-0.1, -0.05) is 40.2 Å². The largest absolute Gasteiger partial charge is 0.464 e. The van der Waals surface area contributed by atoms with E-state index in [0.717, 1.165) is 46.3 Å². The average Bonchev–Trinajstić information content (AvgIpc) is 4.18. The molecule has 0 bridgehead atoms. The van der Waals surface area contributed by atoms with Gasteiger partial charge < -0.3 is 44.6 Å². The number of rotatable bonds is 12. The lowest BCUT2D eigenvalue weighted by atomic mass is 9.84. The number of fused-ring (bicyclic) bond motifs is 5. The van der Waals surface area contributed by atoms with Crippen LogP contribution in [0.1, 0.15) is 118 Å². The lowest BCUT2D eigenvalue weighted by Gasteiger charge is -2.30. The van der Waals surface area contributed by atoms with Gasteiger partial charge in [0.15, 0.2) is 0 Å². The highest BCUT2D eigenvalue weighted by atomic mass is 32.1. The predicted molar refractivity (Wildman–Crippen MR) is 258 cm³/mol. The van der Waals surface area contributed by atoms with Gasteiger partial charge in [-0.3, -0.25) is 14.2 Å². The highest BCUT2D eigenvalue weighted by Gasteiger charge is 2.40. The maximum Gasteiger partial charge on any atom is 0.407 e. The van der Waals surface area contributed by atoms with Crippen molar-refractivity contribution in [2.24, 2.45) is 11.8 Å². The Balaban J connectivity index is 0.968. The second-order valence-electron chi connectivity index (χ2n) is 19.3. The number of nitrogens with zero attached hydrogens (tertiary/aromatic N) is 5. The van der Waals surface area contributed by atoms with Gasteiger partial charge in [0.1, 0.15) is 35.3 Å². The number of benzene rings is 2. The summed E-state index contributed by atoms with van der Waals surface area (Å²) >= 11 is 1.74. The van der Waals surface area contributed by atoms with Crippen molar-refractivity contribution in [3.05, 3.63) is 88.1 Å². The minimum absolute atomic E-state index is 0.150. The van der Waals surface area contributed by atoms with Crippen LogP contribution in [-0.2, 0) is 19.1 Å². The fourth-order valence-corrected chi connectivity index (χ4v) is 11.6. The molecule has 18 heteroatoms. The molecule has 2 saturated heterocycles. The molecule has 4 amide bonds. The van der Waals surface area contributed by atoms with Crippen molar-refractivity contribution in [1.29, 1.82) is 0 Å². The van der Waals surface area contributed by atoms with Crippen molar-refractivity contribution in [1.82, 2.24) is 44.9 Å². The van der Waals surface area contributed by atoms with Crippen LogP contribution in [-0.4, -0.2) is 97.7 Å². The van der Waals surface area contributed by atoms with E-state index in [9.17, 15) is 19.2 Å². The summed E-state index contributed by atoms with van der Waals surface area (Å²) in [5, 5.41) is 6.29. The van der Waals surface area contributed by atoms with E-state index < -0.39 is 36.3 Å². The van der Waals surface area contributed by atoms with Crippen molar-refractivity contribution in [3.63, 3.8) is 0 Å². The maximum absolute atomic E-state index is 17.0. The summed E-state index contributed by atoms with van der Waals surface area (Å²) in [6, 6.07) is 13.7. The number of carbonyl (C=O) groups excluding carboxylic acids is 4. The van der Waals surface area contributed by atoms with Gasteiger partial charge in [-0.2, -0.15) is 0 Å². The van der Waals surface area contributed by atoms with Gasteiger partial charge >= 0.3 is 12.2 Å². The minimum Gasteiger partial charge on any atom is -0.464 e. The fourth-order valence-electron chi connectivity index (χ4n) is 10.4. The van der Waals surface area contributed by atoms with Crippen LogP contribution in [0.4, 0.5) is 14.0 Å². The lowest BCUT2D eigenvalue weighted by molar-refractivity contribution is -0.136. The zero-order valence-corrected chi connectivity index (χ0v) is 40.5. The normalized spacial score (nSPS) is 19.8. The topological polar surface area (TPSA) is 189 Å². The molecule has 3 fully saturated rings. The van der Waals surface area contributed by atoms with Gasteiger partial charge in [0.2, 0.25) is 18.0 Å². The Morgan fingerprint density at radius 2 is 1.32 bits per heavy atom. The van der Waals surface area contributed by atoms with Crippen molar-refractivity contribution in [2.75, 3.05) is 27.3 Å². The van der Waals surface area contributed by atoms with Gasteiger partial charge in [0, 0.05) is 34.5 Å². The summed E-state index contributed by atoms with van der Waals surface area (Å²) in [7, 11) is 2.55. The molecule has 5 atom stereocenters. The zero-order valence-electron chi connectivity index (χ0n) is 39.6. The number of aromatic amines is 2. The van der Waals surface area contributed by atoms with Crippen LogP contribution >= 0.6 is 11.3 Å². The number of carbonyl (C=O) groups is 4. The van der Waals surface area contributed by atoms with Crippen LogP contribution in [0.25, 0.3) is 44.7 Å². The van der Waals surface area contributed by atoms with Crippen molar-refractivity contribution < 1.29 is 37.8 Å². The van der Waals surface area contributed by atoms with Gasteiger partial charge in [-0.25, -0.2) is 23.9 Å². The summed E-state index contributed by atoms with van der Waals surface area (Å²) in [6.07, 6.45) is 8.09. The molecule has 3 aliphatic heterocycles. The summed E-state index contributed by atoms with van der Waals surface area (Å²) in [5.41, 5.74) is 4.71. The molecule has 7 heterocycles. The first-order chi connectivity index (χ1) is 33.3. The van der Waals surface area contributed by atoms with Gasteiger partial charge in [-0.15, -0.1) is 11.3 Å². The van der Waals surface area contributed by atoms with Crippen LogP contribution in [0, 0.1) is 17.7 Å². The smallest absolute Gasteiger partial charge is 0.407 e. The molecule has 69 heavy (non-hydrogen) atoms. The monoisotopic (exact) mass is 959 g/mol. The molecule has 2 aromatic carbocycles. The Bertz CT molecular complexity index is 2930. The Morgan fingerprint density at radius 3 is 1.87 bits per heavy atom. The molecule has 4 N–H and O–H groups in total. The van der Waals surface area contributed by atoms with Gasteiger partial charge in [0.05, 0.1) is 71.7 Å². The van der Waals surface area contributed by atoms with E-state index >= 15 is 4.39 Å². The quantitative estimate of drug-likeness (QED) is 0.0926. The third-order valence-electron chi connectivity index (χ3n) is 14.3. The van der Waals surface area contributed by atoms with E-state index in [0.29, 0.717) is 65.3 Å². The van der Waals surface area contributed by atoms with E-state index in [2.05, 4.69) is 43.4 Å². The Kier molecular flexibility index (Phi) is 12.5. The highest BCUT2D eigenvalue weighted by Crippen LogP contribution is 2.50. The van der Waals surface area contributed by atoms with Crippen LogP contribution in [0.15, 0.2) is 60.9 Å². The minimum atomic E-state index is -0.768. The number of hydrogen-bond acceptors (Lipinski definition) is 10. The summed E-state index contributed by atoms with van der Waals surface area (Å²) in [4.78, 5) is 74.2. The molecule has 0 radical (unpaired) electrons. The van der Waals surface area contributed by atoms with Crippen molar-refractivity contribution in [3.8, 4) is 39.5 Å². The zero-order chi connectivity index (χ0) is 48.2. The van der Waals surface area contributed by atoms with Crippen LogP contribution < -0.4 is 15.4 Å². The predicted octanol–water partition coefficient (Wildman–Crippen LogP) is 9.58.